The first kappa shape index (κ1) is 23.7. The van der Waals surface area contributed by atoms with Crippen LogP contribution in [-0.2, 0) is 21.0 Å². The van der Waals surface area contributed by atoms with E-state index in [0.717, 1.165) is 16.9 Å². The molecule has 0 saturated carbocycles. The van der Waals surface area contributed by atoms with E-state index < -0.39 is 5.97 Å². The van der Waals surface area contributed by atoms with Gasteiger partial charge in [-0.25, -0.2) is 4.79 Å². The molecule has 0 aliphatic heterocycles. The standard InChI is InChI=1S/C26H27NO6/c1-3-30-26(28)19-33-24-15-13-23(14-16-24)31-17-20-9-11-22(12-10-20)32-18-25(27-29-2)21-7-5-4-6-8-21/h4-16H,3,17-19H2,1-2H3/b27-25+. The monoisotopic (exact) mass is 449 g/mol. The fourth-order valence-electron chi connectivity index (χ4n) is 2.88. The minimum atomic E-state index is -0.396. The molecule has 7 nitrogen and oxygen atoms in total. The third-order valence-electron chi connectivity index (χ3n) is 4.50. The van der Waals surface area contributed by atoms with Crippen LogP contribution in [0.4, 0.5) is 0 Å². The van der Waals surface area contributed by atoms with E-state index in [1.54, 1.807) is 31.2 Å². The molecule has 0 amide bonds. The summed E-state index contributed by atoms with van der Waals surface area (Å²) in [7, 11) is 1.52. The normalized spacial score (nSPS) is 10.9. The molecule has 0 aliphatic rings. The van der Waals surface area contributed by atoms with Gasteiger partial charge in [0.25, 0.3) is 0 Å². The molecule has 0 bridgehead atoms. The van der Waals surface area contributed by atoms with Gasteiger partial charge in [0, 0.05) is 5.56 Å². The summed E-state index contributed by atoms with van der Waals surface area (Å²) in [4.78, 5) is 16.3. The highest BCUT2D eigenvalue weighted by Crippen LogP contribution is 2.20. The van der Waals surface area contributed by atoms with Crippen LogP contribution in [0.2, 0.25) is 0 Å². The predicted molar refractivity (Wildman–Crippen MR) is 125 cm³/mol. The molecule has 172 valence electrons. The summed E-state index contributed by atoms with van der Waals surface area (Å²) in [5.41, 5.74) is 2.65. The first-order valence-electron chi connectivity index (χ1n) is 10.6. The lowest BCUT2D eigenvalue weighted by atomic mass is 10.1. The zero-order chi connectivity index (χ0) is 23.3. The molecule has 0 unspecified atom stereocenters. The number of esters is 1. The molecule has 33 heavy (non-hydrogen) atoms. The first-order chi connectivity index (χ1) is 16.2. The van der Waals surface area contributed by atoms with E-state index in [0.29, 0.717) is 30.4 Å². The van der Waals surface area contributed by atoms with Gasteiger partial charge in [0.05, 0.1) is 6.61 Å². The Morgan fingerprint density at radius 2 is 1.33 bits per heavy atom. The van der Waals surface area contributed by atoms with E-state index in [-0.39, 0.29) is 13.2 Å². The van der Waals surface area contributed by atoms with Crippen molar-refractivity contribution in [2.45, 2.75) is 13.5 Å². The number of rotatable bonds is 12. The average molecular weight is 450 g/mol. The summed E-state index contributed by atoms with van der Waals surface area (Å²) in [5, 5.41) is 4.06. The SMILES string of the molecule is CCOC(=O)COc1ccc(OCc2ccc(OC/C(=N\OC)c3ccccc3)cc2)cc1. The minimum absolute atomic E-state index is 0.118. The average Bonchev–Trinajstić information content (AvgIpc) is 2.86. The smallest absolute Gasteiger partial charge is 0.344 e. The Balaban J connectivity index is 1.46. The van der Waals surface area contributed by atoms with Crippen molar-refractivity contribution < 1.29 is 28.6 Å². The van der Waals surface area contributed by atoms with E-state index >= 15 is 0 Å². The molecule has 0 saturated heterocycles. The lowest BCUT2D eigenvalue weighted by Gasteiger charge is -2.11. The van der Waals surface area contributed by atoms with Crippen molar-refractivity contribution in [1.29, 1.82) is 0 Å². The highest BCUT2D eigenvalue weighted by atomic mass is 16.6. The molecular formula is C26H27NO6. The fourth-order valence-corrected chi connectivity index (χ4v) is 2.88. The van der Waals surface area contributed by atoms with Crippen molar-refractivity contribution >= 4 is 11.7 Å². The maximum absolute atomic E-state index is 11.3. The molecule has 0 fully saturated rings. The Hall–Kier alpha value is -4.00. The minimum Gasteiger partial charge on any atom is -0.489 e. The molecule has 0 aliphatic carbocycles. The van der Waals surface area contributed by atoms with Gasteiger partial charge >= 0.3 is 5.97 Å². The van der Waals surface area contributed by atoms with Crippen molar-refractivity contribution in [1.82, 2.24) is 0 Å². The van der Waals surface area contributed by atoms with Gasteiger partial charge < -0.3 is 23.8 Å². The number of hydrogen-bond donors (Lipinski definition) is 0. The van der Waals surface area contributed by atoms with Gasteiger partial charge in [-0.05, 0) is 48.9 Å². The van der Waals surface area contributed by atoms with Gasteiger partial charge in [-0.2, -0.15) is 0 Å². The Morgan fingerprint density at radius 3 is 1.94 bits per heavy atom. The van der Waals surface area contributed by atoms with Crippen LogP contribution >= 0.6 is 0 Å². The van der Waals surface area contributed by atoms with Crippen LogP contribution in [0.5, 0.6) is 17.2 Å². The molecule has 0 heterocycles. The number of hydrogen-bond acceptors (Lipinski definition) is 7. The largest absolute Gasteiger partial charge is 0.489 e. The number of nitrogens with zero attached hydrogens (tertiary/aromatic N) is 1. The second-order valence-electron chi connectivity index (χ2n) is 6.87. The van der Waals surface area contributed by atoms with Gasteiger partial charge in [-0.15, -0.1) is 0 Å². The van der Waals surface area contributed by atoms with Crippen molar-refractivity contribution in [2.24, 2.45) is 5.16 Å². The second kappa shape index (κ2) is 12.8. The van der Waals surface area contributed by atoms with Crippen LogP contribution in [0, 0.1) is 0 Å². The van der Waals surface area contributed by atoms with Crippen LogP contribution in [0.1, 0.15) is 18.1 Å². The van der Waals surface area contributed by atoms with Gasteiger partial charge in [-0.1, -0.05) is 47.6 Å². The van der Waals surface area contributed by atoms with Crippen LogP contribution in [0.3, 0.4) is 0 Å². The number of benzene rings is 3. The molecule has 3 aromatic rings. The Kier molecular flexibility index (Phi) is 9.15. The lowest BCUT2D eigenvalue weighted by molar-refractivity contribution is -0.145. The molecule has 7 heteroatoms. The van der Waals surface area contributed by atoms with Gasteiger partial charge in [-0.3, -0.25) is 0 Å². The summed E-state index contributed by atoms with van der Waals surface area (Å²) in [6.45, 7) is 2.66. The van der Waals surface area contributed by atoms with E-state index in [2.05, 4.69) is 5.16 Å². The quantitative estimate of drug-likeness (QED) is 0.228. The van der Waals surface area contributed by atoms with Crippen LogP contribution in [0.15, 0.2) is 84.0 Å². The van der Waals surface area contributed by atoms with E-state index in [1.807, 2.05) is 54.6 Å². The number of ether oxygens (including phenoxy) is 4. The molecule has 0 radical (unpaired) electrons. The maximum Gasteiger partial charge on any atom is 0.344 e. The lowest BCUT2D eigenvalue weighted by Crippen LogP contribution is -2.14. The molecule has 0 N–H and O–H groups in total. The Labute approximate surface area is 193 Å². The third kappa shape index (κ3) is 7.88. The highest BCUT2D eigenvalue weighted by molar-refractivity contribution is 6.01. The fraction of sp³-hybridized carbons (Fsp3) is 0.231. The molecule has 0 atom stereocenters. The highest BCUT2D eigenvalue weighted by Gasteiger charge is 2.07. The summed E-state index contributed by atoms with van der Waals surface area (Å²) >= 11 is 0. The zero-order valence-electron chi connectivity index (χ0n) is 18.7. The first-order valence-corrected chi connectivity index (χ1v) is 10.6. The van der Waals surface area contributed by atoms with E-state index in [9.17, 15) is 4.79 Å². The Morgan fingerprint density at radius 1 is 0.758 bits per heavy atom. The summed E-state index contributed by atoms with van der Waals surface area (Å²) in [5.74, 6) is 1.60. The summed E-state index contributed by atoms with van der Waals surface area (Å²) < 4.78 is 21.9. The molecule has 0 spiro atoms. The van der Waals surface area contributed by atoms with Gasteiger partial charge in [0.1, 0.15) is 43.3 Å². The predicted octanol–water partition coefficient (Wildman–Crippen LogP) is 4.64. The second-order valence-corrected chi connectivity index (χ2v) is 6.87. The van der Waals surface area contributed by atoms with E-state index in [4.69, 9.17) is 23.8 Å². The van der Waals surface area contributed by atoms with Gasteiger partial charge in [0.2, 0.25) is 0 Å². The van der Waals surface area contributed by atoms with Crippen LogP contribution in [-0.4, -0.2) is 38.6 Å². The molecule has 0 aromatic heterocycles. The zero-order valence-corrected chi connectivity index (χ0v) is 18.7. The molecular weight excluding hydrogens is 422 g/mol. The number of carbonyl (C=O) groups excluding carboxylic acids is 1. The maximum atomic E-state index is 11.3. The van der Waals surface area contributed by atoms with Crippen LogP contribution in [0.25, 0.3) is 0 Å². The summed E-state index contributed by atoms with van der Waals surface area (Å²) in [6.07, 6.45) is 0. The molecule has 3 rings (SSSR count). The third-order valence-corrected chi connectivity index (χ3v) is 4.50. The number of carbonyl (C=O) groups is 1. The van der Waals surface area contributed by atoms with Crippen molar-refractivity contribution in [3.8, 4) is 17.2 Å². The van der Waals surface area contributed by atoms with E-state index in [1.165, 1.54) is 7.11 Å². The number of oxime groups is 1. The molecule has 3 aromatic carbocycles. The van der Waals surface area contributed by atoms with Crippen molar-refractivity contribution in [3.05, 3.63) is 90.0 Å². The van der Waals surface area contributed by atoms with Crippen molar-refractivity contribution in [2.75, 3.05) is 26.9 Å². The van der Waals surface area contributed by atoms with Gasteiger partial charge in [0.15, 0.2) is 6.61 Å². The van der Waals surface area contributed by atoms with Crippen molar-refractivity contribution in [3.63, 3.8) is 0 Å². The summed E-state index contributed by atoms with van der Waals surface area (Å²) in [6, 6.07) is 24.5. The van der Waals surface area contributed by atoms with Crippen LogP contribution < -0.4 is 14.2 Å². The Bertz CT molecular complexity index is 1020. The topological polar surface area (TPSA) is 75.6 Å².